The van der Waals surface area contributed by atoms with E-state index in [2.05, 4.69) is 15.5 Å². The smallest absolute Gasteiger partial charge is 0.314 e. The molecule has 0 aromatic heterocycles. The van der Waals surface area contributed by atoms with E-state index in [1.807, 2.05) is 24.3 Å². The van der Waals surface area contributed by atoms with Crippen molar-refractivity contribution in [1.82, 2.24) is 15.5 Å². The zero-order valence-electron chi connectivity index (χ0n) is 15.1. The fourth-order valence-electron chi connectivity index (χ4n) is 3.63. The molecular weight excluding hydrogens is 354 g/mol. The van der Waals surface area contributed by atoms with Gasteiger partial charge in [0, 0.05) is 49.8 Å². The highest BCUT2D eigenvalue weighted by Gasteiger charge is 2.31. The number of urea groups is 1. The Morgan fingerprint density at radius 3 is 2.81 bits per heavy atom. The number of halogens is 1. The molecule has 2 aliphatic rings. The number of ether oxygens (including phenoxy) is 2. The molecule has 0 aliphatic carbocycles. The number of nitrogens with one attached hydrogen (secondary N) is 2. The van der Waals surface area contributed by atoms with Crippen LogP contribution in [0.25, 0.3) is 0 Å². The van der Waals surface area contributed by atoms with Crippen LogP contribution < -0.4 is 10.6 Å². The molecule has 0 spiro atoms. The molecule has 0 saturated carbocycles. The lowest BCUT2D eigenvalue weighted by Gasteiger charge is -2.37. The molecule has 0 bridgehead atoms. The van der Waals surface area contributed by atoms with Crippen molar-refractivity contribution >= 4 is 17.6 Å². The second-order valence-corrected chi connectivity index (χ2v) is 7.29. The van der Waals surface area contributed by atoms with E-state index in [0.717, 1.165) is 62.9 Å². The molecule has 2 saturated heterocycles. The lowest BCUT2D eigenvalue weighted by atomic mass is 9.97. The standard InChI is InChI=1S/C19H28ClN3O3/c20-17-3-1-2-15(12-17)4-6-21-19(24)22-13-18(16-5-9-26-14-16)23-7-10-25-11-8-23/h1-3,12,16,18H,4-11,13-14H2,(H2,21,22,24). The Morgan fingerprint density at radius 2 is 2.08 bits per heavy atom. The van der Waals surface area contributed by atoms with Crippen molar-refractivity contribution in [1.29, 1.82) is 0 Å². The fraction of sp³-hybridized carbons (Fsp3) is 0.632. The predicted molar refractivity (Wildman–Crippen MR) is 102 cm³/mol. The molecule has 2 atom stereocenters. The third kappa shape index (κ3) is 5.84. The van der Waals surface area contributed by atoms with Crippen LogP contribution in [0, 0.1) is 5.92 Å². The van der Waals surface area contributed by atoms with Crippen LogP contribution >= 0.6 is 11.6 Å². The van der Waals surface area contributed by atoms with E-state index in [0.29, 0.717) is 25.0 Å². The maximum atomic E-state index is 12.2. The van der Waals surface area contributed by atoms with Crippen LogP contribution in [0.15, 0.2) is 24.3 Å². The van der Waals surface area contributed by atoms with Gasteiger partial charge in [-0.05, 0) is 30.5 Å². The van der Waals surface area contributed by atoms with E-state index in [4.69, 9.17) is 21.1 Å². The van der Waals surface area contributed by atoms with Gasteiger partial charge in [0.2, 0.25) is 0 Å². The fourth-order valence-corrected chi connectivity index (χ4v) is 3.84. The summed E-state index contributed by atoms with van der Waals surface area (Å²) in [5.74, 6) is 0.472. The third-order valence-electron chi connectivity index (χ3n) is 5.08. The van der Waals surface area contributed by atoms with Crippen LogP contribution in [0.3, 0.4) is 0 Å². The molecule has 2 N–H and O–H groups in total. The average Bonchev–Trinajstić information content (AvgIpc) is 3.17. The van der Waals surface area contributed by atoms with E-state index in [9.17, 15) is 4.79 Å². The Bertz CT molecular complexity index is 575. The minimum Gasteiger partial charge on any atom is -0.381 e. The second kappa shape index (κ2) is 10.1. The summed E-state index contributed by atoms with van der Waals surface area (Å²) in [7, 11) is 0. The topological polar surface area (TPSA) is 62.8 Å². The van der Waals surface area contributed by atoms with Crippen LogP contribution in [-0.2, 0) is 15.9 Å². The van der Waals surface area contributed by atoms with E-state index < -0.39 is 0 Å². The van der Waals surface area contributed by atoms with Gasteiger partial charge < -0.3 is 20.1 Å². The quantitative estimate of drug-likeness (QED) is 0.757. The molecule has 2 aliphatic heterocycles. The summed E-state index contributed by atoms with van der Waals surface area (Å²) in [6, 6.07) is 7.90. The third-order valence-corrected chi connectivity index (χ3v) is 5.32. The van der Waals surface area contributed by atoms with E-state index in [-0.39, 0.29) is 6.03 Å². The zero-order chi connectivity index (χ0) is 18.2. The van der Waals surface area contributed by atoms with Gasteiger partial charge in [0.15, 0.2) is 0 Å². The zero-order valence-corrected chi connectivity index (χ0v) is 15.8. The normalized spacial score (nSPS) is 22.1. The Labute approximate surface area is 160 Å². The van der Waals surface area contributed by atoms with Gasteiger partial charge in [0.25, 0.3) is 0 Å². The van der Waals surface area contributed by atoms with E-state index in [1.54, 1.807) is 0 Å². The van der Waals surface area contributed by atoms with Crippen molar-refractivity contribution in [2.75, 3.05) is 52.6 Å². The largest absolute Gasteiger partial charge is 0.381 e. The van der Waals surface area contributed by atoms with Gasteiger partial charge in [-0.3, -0.25) is 4.90 Å². The van der Waals surface area contributed by atoms with Gasteiger partial charge in [-0.25, -0.2) is 4.79 Å². The van der Waals surface area contributed by atoms with Crippen molar-refractivity contribution < 1.29 is 14.3 Å². The number of morpholine rings is 1. The van der Waals surface area contributed by atoms with Crippen molar-refractivity contribution in [3.05, 3.63) is 34.9 Å². The average molecular weight is 382 g/mol. The number of benzene rings is 1. The van der Waals surface area contributed by atoms with Crippen LogP contribution in [0.2, 0.25) is 5.02 Å². The molecule has 6 nitrogen and oxygen atoms in total. The molecule has 144 valence electrons. The first-order valence-corrected chi connectivity index (χ1v) is 9.76. The lowest BCUT2D eigenvalue weighted by molar-refractivity contribution is 0.00213. The molecule has 1 aromatic rings. The van der Waals surface area contributed by atoms with Crippen LogP contribution in [0.1, 0.15) is 12.0 Å². The summed E-state index contributed by atoms with van der Waals surface area (Å²) in [5, 5.41) is 6.69. The Balaban J connectivity index is 1.43. The minimum atomic E-state index is -0.121. The number of hydrogen-bond donors (Lipinski definition) is 2. The number of hydrogen-bond acceptors (Lipinski definition) is 4. The number of rotatable bonds is 7. The Morgan fingerprint density at radius 1 is 1.23 bits per heavy atom. The highest BCUT2D eigenvalue weighted by Crippen LogP contribution is 2.21. The van der Waals surface area contributed by atoms with Crippen molar-refractivity contribution in [3.8, 4) is 0 Å². The molecule has 2 heterocycles. The maximum absolute atomic E-state index is 12.2. The molecular formula is C19H28ClN3O3. The molecule has 26 heavy (non-hydrogen) atoms. The molecule has 2 amide bonds. The Kier molecular flexibility index (Phi) is 7.55. The molecule has 1 aromatic carbocycles. The highest BCUT2D eigenvalue weighted by atomic mass is 35.5. The number of nitrogens with zero attached hydrogens (tertiary/aromatic N) is 1. The van der Waals surface area contributed by atoms with Crippen LogP contribution in [0.4, 0.5) is 4.79 Å². The lowest BCUT2D eigenvalue weighted by Crippen LogP contribution is -2.53. The van der Waals surface area contributed by atoms with Gasteiger partial charge in [-0.15, -0.1) is 0 Å². The van der Waals surface area contributed by atoms with Crippen LogP contribution in [-0.4, -0.2) is 69.6 Å². The Hall–Kier alpha value is -1.34. The molecule has 7 heteroatoms. The van der Waals surface area contributed by atoms with E-state index >= 15 is 0 Å². The maximum Gasteiger partial charge on any atom is 0.314 e. The number of amides is 2. The summed E-state index contributed by atoms with van der Waals surface area (Å²) >= 11 is 5.98. The first kappa shape index (κ1) is 19.4. The first-order chi connectivity index (χ1) is 12.7. The van der Waals surface area contributed by atoms with Gasteiger partial charge in [-0.1, -0.05) is 23.7 Å². The SMILES string of the molecule is O=C(NCCc1cccc(Cl)c1)NCC(C1CCOC1)N1CCOCC1. The molecule has 3 rings (SSSR count). The van der Waals surface area contributed by atoms with Gasteiger partial charge in [-0.2, -0.15) is 0 Å². The predicted octanol–water partition coefficient (Wildman–Crippen LogP) is 1.92. The van der Waals surface area contributed by atoms with Crippen molar-refractivity contribution in [2.24, 2.45) is 5.92 Å². The number of carbonyl (C=O) groups is 1. The summed E-state index contributed by atoms with van der Waals surface area (Å²) < 4.78 is 11.0. The minimum absolute atomic E-state index is 0.121. The summed E-state index contributed by atoms with van der Waals surface area (Å²) in [4.78, 5) is 14.6. The molecule has 0 radical (unpaired) electrons. The van der Waals surface area contributed by atoms with Crippen molar-refractivity contribution in [2.45, 2.75) is 18.9 Å². The van der Waals surface area contributed by atoms with E-state index in [1.165, 1.54) is 0 Å². The molecule has 2 fully saturated rings. The summed E-state index contributed by atoms with van der Waals surface area (Å²) in [6.07, 6.45) is 1.82. The first-order valence-electron chi connectivity index (χ1n) is 9.38. The number of carbonyl (C=O) groups excluding carboxylic acids is 1. The van der Waals surface area contributed by atoms with Crippen LogP contribution in [0.5, 0.6) is 0 Å². The second-order valence-electron chi connectivity index (χ2n) is 6.86. The van der Waals surface area contributed by atoms with Gasteiger partial charge in [0.05, 0.1) is 19.8 Å². The van der Waals surface area contributed by atoms with Crippen molar-refractivity contribution in [3.63, 3.8) is 0 Å². The van der Waals surface area contributed by atoms with Gasteiger partial charge in [0.1, 0.15) is 0 Å². The highest BCUT2D eigenvalue weighted by molar-refractivity contribution is 6.30. The monoisotopic (exact) mass is 381 g/mol. The summed E-state index contributed by atoms with van der Waals surface area (Å²) in [5.41, 5.74) is 1.12. The summed E-state index contributed by atoms with van der Waals surface area (Å²) in [6.45, 7) is 6.17. The van der Waals surface area contributed by atoms with Gasteiger partial charge >= 0.3 is 6.03 Å². The molecule has 2 unspecified atom stereocenters.